The number of carbonyl (C=O) groups excluding carboxylic acids is 1. The fourth-order valence-corrected chi connectivity index (χ4v) is 3.77. The lowest BCUT2D eigenvalue weighted by Gasteiger charge is -2.02. The van der Waals surface area contributed by atoms with Crippen molar-refractivity contribution in [3.8, 4) is 11.5 Å². The molecule has 0 unspecified atom stereocenters. The van der Waals surface area contributed by atoms with Crippen molar-refractivity contribution in [2.24, 2.45) is 11.8 Å². The lowest BCUT2D eigenvalue weighted by atomic mass is 10.1. The lowest BCUT2D eigenvalue weighted by Crippen LogP contribution is -2.14. The van der Waals surface area contributed by atoms with Crippen LogP contribution in [-0.2, 0) is 11.2 Å². The Morgan fingerprint density at radius 2 is 2.17 bits per heavy atom. The smallest absolute Gasteiger partial charge is 0.231 e. The van der Waals surface area contributed by atoms with Crippen LogP contribution in [0.5, 0.6) is 11.5 Å². The van der Waals surface area contributed by atoms with Crippen molar-refractivity contribution in [1.29, 1.82) is 0 Å². The zero-order valence-corrected chi connectivity index (χ0v) is 13.9. The van der Waals surface area contributed by atoms with Gasteiger partial charge in [-0.25, -0.2) is 4.98 Å². The molecule has 6 heteroatoms. The zero-order valence-electron chi connectivity index (χ0n) is 13.1. The second-order valence-corrected chi connectivity index (χ2v) is 7.28. The second kappa shape index (κ2) is 5.53. The maximum Gasteiger partial charge on any atom is 0.231 e. The number of thiazole rings is 1. The average molecular weight is 330 g/mol. The molecule has 1 aromatic heterocycles. The van der Waals surface area contributed by atoms with Crippen molar-refractivity contribution in [1.82, 2.24) is 4.98 Å². The third-order valence-electron chi connectivity index (χ3n) is 4.37. The molecule has 23 heavy (non-hydrogen) atoms. The van der Waals surface area contributed by atoms with E-state index in [-0.39, 0.29) is 18.6 Å². The summed E-state index contributed by atoms with van der Waals surface area (Å²) in [5.74, 6) is 2.35. The number of aryl methyl sites for hydroxylation is 1. The first-order chi connectivity index (χ1) is 11.1. The van der Waals surface area contributed by atoms with Crippen LogP contribution in [0.25, 0.3) is 0 Å². The molecular formula is C17H18N2O3S. The number of rotatable bonds is 4. The Morgan fingerprint density at radius 3 is 2.96 bits per heavy atom. The van der Waals surface area contributed by atoms with Crippen molar-refractivity contribution in [3.05, 3.63) is 34.3 Å². The largest absolute Gasteiger partial charge is 0.454 e. The number of amides is 1. The minimum atomic E-state index is 0.0980. The first kappa shape index (κ1) is 14.5. The molecule has 1 amide bonds. The van der Waals surface area contributed by atoms with Crippen LogP contribution in [0.3, 0.4) is 0 Å². The van der Waals surface area contributed by atoms with Crippen LogP contribution in [0.1, 0.15) is 29.5 Å². The number of carbonyl (C=O) groups is 1. The van der Waals surface area contributed by atoms with Gasteiger partial charge >= 0.3 is 0 Å². The molecule has 1 fully saturated rings. The molecule has 0 spiro atoms. The number of fused-ring (bicyclic) bond motifs is 1. The van der Waals surface area contributed by atoms with Gasteiger partial charge < -0.3 is 14.8 Å². The van der Waals surface area contributed by atoms with Crippen LogP contribution in [-0.4, -0.2) is 17.7 Å². The van der Waals surface area contributed by atoms with Crippen molar-refractivity contribution in [2.75, 3.05) is 12.1 Å². The molecule has 1 N–H and O–H groups in total. The molecule has 2 atom stereocenters. The fourth-order valence-electron chi connectivity index (χ4n) is 2.77. The maximum absolute atomic E-state index is 12.0. The molecule has 0 bridgehead atoms. The standard InChI is InChI=1S/C17H18N2O3S/c1-9-5-12(9)16(20)19-17-18-10(2)15(23-17)7-11-3-4-13-14(6-11)22-8-21-13/h3-4,6,9,12H,5,7-8H2,1-2H3,(H,18,19,20)/t9-,12-/m0/s1. The van der Waals surface area contributed by atoms with Crippen LogP contribution >= 0.6 is 11.3 Å². The number of benzene rings is 1. The highest BCUT2D eigenvalue weighted by Gasteiger charge is 2.39. The zero-order chi connectivity index (χ0) is 16.0. The van der Waals surface area contributed by atoms with E-state index in [2.05, 4.69) is 17.2 Å². The van der Waals surface area contributed by atoms with Crippen LogP contribution < -0.4 is 14.8 Å². The predicted molar refractivity (Wildman–Crippen MR) is 88.1 cm³/mol. The Morgan fingerprint density at radius 1 is 1.39 bits per heavy atom. The van der Waals surface area contributed by atoms with Gasteiger partial charge in [0.2, 0.25) is 12.7 Å². The lowest BCUT2D eigenvalue weighted by molar-refractivity contribution is -0.117. The normalized spacial score (nSPS) is 21.3. The fraction of sp³-hybridized carbons (Fsp3) is 0.412. The summed E-state index contributed by atoms with van der Waals surface area (Å²) in [6.45, 7) is 4.37. The quantitative estimate of drug-likeness (QED) is 0.934. The summed E-state index contributed by atoms with van der Waals surface area (Å²) in [6, 6.07) is 5.98. The number of nitrogens with zero attached hydrogens (tertiary/aromatic N) is 1. The third-order valence-corrected chi connectivity index (χ3v) is 5.44. The predicted octanol–water partition coefficient (Wildman–Crippen LogP) is 3.37. The van der Waals surface area contributed by atoms with E-state index in [1.807, 2.05) is 25.1 Å². The number of hydrogen-bond acceptors (Lipinski definition) is 5. The Hall–Kier alpha value is -2.08. The van der Waals surface area contributed by atoms with E-state index in [0.29, 0.717) is 11.0 Å². The van der Waals surface area contributed by atoms with Gasteiger partial charge in [-0.1, -0.05) is 13.0 Å². The molecule has 2 aliphatic rings. The minimum absolute atomic E-state index is 0.0980. The van der Waals surface area contributed by atoms with E-state index >= 15 is 0 Å². The van der Waals surface area contributed by atoms with Crippen molar-refractivity contribution < 1.29 is 14.3 Å². The van der Waals surface area contributed by atoms with E-state index in [0.717, 1.165) is 40.5 Å². The Balaban J connectivity index is 1.48. The molecule has 2 aromatic rings. The minimum Gasteiger partial charge on any atom is -0.454 e. The van der Waals surface area contributed by atoms with Gasteiger partial charge in [0.15, 0.2) is 16.6 Å². The molecule has 4 rings (SSSR count). The Labute approximate surface area is 138 Å². The van der Waals surface area contributed by atoms with Gasteiger partial charge in [-0.15, -0.1) is 11.3 Å². The van der Waals surface area contributed by atoms with Crippen molar-refractivity contribution in [3.63, 3.8) is 0 Å². The Kier molecular flexibility index (Phi) is 3.49. The molecule has 0 saturated heterocycles. The summed E-state index contributed by atoms with van der Waals surface area (Å²) in [5, 5.41) is 3.64. The molecule has 2 heterocycles. The van der Waals surface area contributed by atoms with Gasteiger partial charge in [-0.2, -0.15) is 0 Å². The summed E-state index contributed by atoms with van der Waals surface area (Å²) in [4.78, 5) is 17.7. The number of hydrogen-bond donors (Lipinski definition) is 1. The number of aromatic nitrogens is 1. The number of anilines is 1. The Bertz CT molecular complexity index is 771. The monoisotopic (exact) mass is 330 g/mol. The van der Waals surface area contributed by atoms with Gasteiger partial charge in [0.05, 0.1) is 5.69 Å². The van der Waals surface area contributed by atoms with Gasteiger partial charge in [-0.05, 0) is 37.0 Å². The molecule has 1 saturated carbocycles. The van der Waals surface area contributed by atoms with Gasteiger partial charge in [0, 0.05) is 17.2 Å². The van der Waals surface area contributed by atoms with Crippen LogP contribution in [0, 0.1) is 18.8 Å². The summed E-state index contributed by atoms with van der Waals surface area (Å²) in [6.07, 6.45) is 1.76. The van der Waals surface area contributed by atoms with E-state index in [1.165, 1.54) is 0 Å². The summed E-state index contributed by atoms with van der Waals surface area (Å²) >= 11 is 1.55. The average Bonchev–Trinajstić information content (AvgIpc) is 2.92. The molecule has 0 radical (unpaired) electrons. The number of ether oxygens (including phenoxy) is 2. The van der Waals surface area contributed by atoms with Crippen LogP contribution in [0.15, 0.2) is 18.2 Å². The van der Waals surface area contributed by atoms with Crippen LogP contribution in [0.2, 0.25) is 0 Å². The highest BCUT2D eigenvalue weighted by Crippen LogP contribution is 2.39. The molecule has 1 aliphatic carbocycles. The number of nitrogens with one attached hydrogen (secondary N) is 1. The maximum atomic E-state index is 12.0. The van der Waals surface area contributed by atoms with E-state index in [1.54, 1.807) is 11.3 Å². The van der Waals surface area contributed by atoms with E-state index in [4.69, 9.17) is 9.47 Å². The summed E-state index contributed by atoms with van der Waals surface area (Å²) in [5.41, 5.74) is 2.11. The van der Waals surface area contributed by atoms with E-state index < -0.39 is 0 Å². The molecule has 120 valence electrons. The summed E-state index contributed by atoms with van der Waals surface area (Å²) in [7, 11) is 0. The molecular weight excluding hydrogens is 312 g/mol. The van der Waals surface area contributed by atoms with Gasteiger partial charge in [-0.3, -0.25) is 4.79 Å². The topological polar surface area (TPSA) is 60.5 Å². The molecule has 5 nitrogen and oxygen atoms in total. The highest BCUT2D eigenvalue weighted by molar-refractivity contribution is 7.15. The molecule has 1 aliphatic heterocycles. The SMILES string of the molecule is Cc1nc(NC(=O)[C@H]2C[C@@H]2C)sc1Cc1ccc2c(c1)OCO2. The first-order valence-electron chi connectivity index (χ1n) is 7.76. The summed E-state index contributed by atoms with van der Waals surface area (Å²) < 4.78 is 10.7. The van der Waals surface area contributed by atoms with Crippen molar-refractivity contribution >= 4 is 22.4 Å². The third kappa shape index (κ3) is 2.91. The van der Waals surface area contributed by atoms with Gasteiger partial charge in [0.1, 0.15) is 0 Å². The van der Waals surface area contributed by atoms with Crippen LogP contribution in [0.4, 0.5) is 5.13 Å². The highest BCUT2D eigenvalue weighted by atomic mass is 32.1. The van der Waals surface area contributed by atoms with Crippen molar-refractivity contribution in [2.45, 2.75) is 26.7 Å². The first-order valence-corrected chi connectivity index (χ1v) is 8.57. The second-order valence-electron chi connectivity index (χ2n) is 6.20. The van der Waals surface area contributed by atoms with E-state index in [9.17, 15) is 4.79 Å². The van der Waals surface area contributed by atoms with Gasteiger partial charge in [0.25, 0.3) is 0 Å². The molecule has 1 aromatic carbocycles.